The van der Waals surface area contributed by atoms with Gasteiger partial charge in [0.2, 0.25) is 0 Å². The Labute approximate surface area is 122 Å². The first-order valence-electron chi connectivity index (χ1n) is 6.48. The van der Waals surface area contributed by atoms with Crippen molar-refractivity contribution < 1.29 is 19.7 Å². The minimum absolute atomic E-state index is 0.0266. The van der Waals surface area contributed by atoms with E-state index in [-0.39, 0.29) is 18.1 Å². The number of ether oxygens (including phenoxy) is 1. The van der Waals surface area contributed by atoms with Crippen LogP contribution >= 0.6 is 0 Å². The fourth-order valence-corrected chi connectivity index (χ4v) is 2.11. The van der Waals surface area contributed by atoms with Crippen LogP contribution in [0.3, 0.4) is 0 Å². The van der Waals surface area contributed by atoms with Crippen LogP contribution in [0.1, 0.15) is 17.0 Å². The Morgan fingerprint density at radius 3 is 1.95 bits per heavy atom. The summed E-state index contributed by atoms with van der Waals surface area (Å²) in [5.74, 6) is -1.51. The first-order chi connectivity index (χ1) is 10.1. The largest absolute Gasteiger partial charge is 0.508 e. The molecule has 2 aromatic rings. The molecule has 0 amide bonds. The summed E-state index contributed by atoms with van der Waals surface area (Å²) in [6.45, 7) is 3.56. The second kappa shape index (κ2) is 6.61. The zero-order valence-corrected chi connectivity index (χ0v) is 11.4. The predicted molar refractivity (Wildman–Crippen MR) is 79.2 cm³/mol. The number of rotatable bonds is 5. The molecule has 4 nitrogen and oxygen atoms in total. The van der Waals surface area contributed by atoms with Gasteiger partial charge in [-0.1, -0.05) is 49.1 Å². The topological polar surface area (TPSA) is 66.8 Å². The van der Waals surface area contributed by atoms with E-state index in [1.54, 1.807) is 36.4 Å². The summed E-state index contributed by atoms with van der Waals surface area (Å²) in [5.41, 5.74) is 0.765. The Kier molecular flexibility index (Phi) is 4.61. The minimum atomic E-state index is -0.896. The van der Waals surface area contributed by atoms with Gasteiger partial charge in [-0.3, -0.25) is 4.79 Å². The third-order valence-electron chi connectivity index (χ3n) is 3.07. The van der Waals surface area contributed by atoms with Gasteiger partial charge in [-0.25, -0.2) is 0 Å². The summed E-state index contributed by atoms with van der Waals surface area (Å²) in [5, 5.41) is 20.0. The summed E-state index contributed by atoms with van der Waals surface area (Å²) in [6, 6.07) is 13.0. The highest BCUT2D eigenvalue weighted by Gasteiger charge is 2.28. The van der Waals surface area contributed by atoms with Crippen molar-refractivity contribution in [1.82, 2.24) is 0 Å². The van der Waals surface area contributed by atoms with Crippen LogP contribution in [-0.2, 0) is 9.53 Å². The lowest BCUT2D eigenvalue weighted by Crippen LogP contribution is -2.17. The van der Waals surface area contributed by atoms with Crippen LogP contribution in [0.4, 0.5) is 0 Å². The number of aromatic hydroxyl groups is 2. The number of esters is 1. The second-order valence-corrected chi connectivity index (χ2v) is 4.47. The van der Waals surface area contributed by atoms with Gasteiger partial charge in [0.25, 0.3) is 0 Å². The number of benzene rings is 2. The molecule has 0 spiro atoms. The number of phenolic OH excluding ortho intramolecular Hbond substituents is 2. The standard InChI is InChI=1S/C17H16O4/c1-2-11-21-17(20)16(12-7-3-5-9-14(12)18)13-8-4-6-10-15(13)19/h2-10,16,18-19H,1,11H2. The number of hydrogen-bond donors (Lipinski definition) is 2. The van der Waals surface area contributed by atoms with Crippen molar-refractivity contribution in [3.8, 4) is 11.5 Å². The summed E-state index contributed by atoms with van der Waals surface area (Å²) in [7, 11) is 0. The van der Waals surface area contributed by atoms with Gasteiger partial charge in [0, 0.05) is 11.1 Å². The van der Waals surface area contributed by atoms with Crippen molar-refractivity contribution in [1.29, 1.82) is 0 Å². The van der Waals surface area contributed by atoms with Gasteiger partial charge in [-0.2, -0.15) is 0 Å². The van der Waals surface area contributed by atoms with E-state index >= 15 is 0 Å². The molecular formula is C17H16O4. The monoisotopic (exact) mass is 284 g/mol. The van der Waals surface area contributed by atoms with Crippen LogP contribution in [-0.4, -0.2) is 22.8 Å². The zero-order chi connectivity index (χ0) is 15.2. The van der Waals surface area contributed by atoms with Crippen molar-refractivity contribution >= 4 is 5.97 Å². The molecule has 4 heteroatoms. The molecule has 0 heterocycles. The van der Waals surface area contributed by atoms with E-state index in [0.29, 0.717) is 11.1 Å². The van der Waals surface area contributed by atoms with Gasteiger partial charge < -0.3 is 14.9 Å². The number of hydrogen-bond acceptors (Lipinski definition) is 4. The van der Waals surface area contributed by atoms with E-state index in [0.717, 1.165) is 0 Å². The van der Waals surface area contributed by atoms with Gasteiger partial charge in [-0.15, -0.1) is 0 Å². The van der Waals surface area contributed by atoms with E-state index in [2.05, 4.69) is 6.58 Å². The highest BCUT2D eigenvalue weighted by molar-refractivity contribution is 5.84. The molecule has 0 aromatic heterocycles. The van der Waals surface area contributed by atoms with Crippen molar-refractivity contribution in [2.45, 2.75) is 5.92 Å². The van der Waals surface area contributed by atoms with Crippen molar-refractivity contribution in [3.05, 3.63) is 72.3 Å². The average molecular weight is 284 g/mol. The van der Waals surface area contributed by atoms with Crippen molar-refractivity contribution in [3.63, 3.8) is 0 Å². The van der Waals surface area contributed by atoms with Crippen LogP contribution in [0.5, 0.6) is 11.5 Å². The molecule has 0 aliphatic rings. The summed E-state index contributed by atoms with van der Waals surface area (Å²) in [4.78, 5) is 12.3. The van der Waals surface area contributed by atoms with Crippen LogP contribution in [0.15, 0.2) is 61.2 Å². The zero-order valence-electron chi connectivity index (χ0n) is 11.4. The molecular weight excluding hydrogens is 268 g/mol. The maximum atomic E-state index is 12.3. The maximum absolute atomic E-state index is 12.3. The molecule has 0 fully saturated rings. The normalized spacial score (nSPS) is 10.3. The molecule has 0 aliphatic heterocycles. The fourth-order valence-electron chi connectivity index (χ4n) is 2.11. The van der Waals surface area contributed by atoms with Crippen LogP contribution in [0.2, 0.25) is 0 Å². The van der Waals surface area contributed by atoms with Crippen LogP contribution in [0.25, 0.3) is 0 Å². The molecule has 108 valence electrons. The molecule has 0 unspecified atom stereocenters. The third kappa shape index (κ3) is 3.23. The molecule has 0 radical (unpaired) electrons. The number of para-hydroxylation sites is 2. The van der Waals surface area contributed by atoms with Crippen molar-refractivity contribution in [2.24, 2.45) is 0 Å². The Hall–Kier alpha value is -2.75. The van der Waals surface area contributed by atoms with E-state index in [1.165, 1.54) is 18.2 Å². The highest BCUT2D eigenvalue weighted by Crippen LogP contribution is 2.36. The van der Waals surface area contributed by atoms with Gasteiger partial charge >= 0.3 is 5.97 Å². The highest BCUT2D eigenvalue weighted by atomic mass is 16.5. The van der Waals surface area contributed by atoms with E-state index in [1.807, 2.05) is 0 Å². The summed E-state index contributed by atoms with van der Waals surface area (Å²) in [6.07, 6.45) is 1.46. The Morgan fingerprint density at radius 1 is 1.05 bits per heavy atom. The Bertz CT molecular complexity index is 603. The van der Waals surface area contributed by atoms with E-state index in [9.17, 15) is 15.0 Å². The fraction of sp³-hybridized carbons (Fsp3) is 0.118. The number of carbonyl (C=O) groups excluding carboxylic acids is 1. The molecule has 2 aromatic carbocycles. The predicted octanol–water partition coefficient (Wildman–Crippen LogP) is 2.96. The summed E-state index contributed by atoms with van der Waals surface area (Å²) < 4.78 is 5.09. The molecule has 0 saturated carbocycles. The first-order valence-corrected chi connectivity index (χ1v) is 6.48. The number of carbonyl (C=O) groups is 1. The molecule has 21 heavy (non-hydrogen) atoms. The molecule has 2 rings (SSSR count). The first kappa shape index (κ1) is 14.7. The Balaban J connectivity index is 2.50. The molecule has 2 N–H and O–H groups in total. The van der Waals surface area contributed by atoms with Crippen LogP contribution in [0, 0.1) is 0 Å². The van der Waals surface area contributed by atoms with Gasteiger partial charge in [0.15, 0.2) is 0 Å². The smallest absolute Gasteiger partial charge is 0.318 e. The minimum Gasteiger partial charge on any atom is -0.508 e. The number of phenols is 2. The van der Waals surface area contributed by atoms with E-state index in [4.69, 9.17) is 4.74 Å². The van der Waals surface area contributed by atoms with E-state index < -0.39 is 11.9 Å². The molecule has 0 bridgehead atoms. The van der Waals surface area contributed by atoms with Gasteiger partial charge in [0.1, 0.15) is 24.0 Å². The second-order valence-electron chi connectivity index (χ2n) is 4.47. The lowest BCUT2D eigenvalue weighted by atomic mass is 9.90. The molecule has 0 atom stereocenters. The third-order valence-corrected chi connectivity index (χ3v) is 3.07. The lowest BCUT2D eigenvalue weighted by molar-refractivity contribution is -0.143. The van der Waals surface area contributed by atoms with Crippen molar-refractivity contribution in [2.75, 3.05) is 6.61 Å². The van der Waals surface area contributed by atoms with Crippen LogP contribution < -0.4 is 0 Å². The molecule has 0 aliphatic carbocycles. The van der Waals surface area contributed by atoms with Gasteiger partial charge in [0.05, 0.1) is 0 Å². The summed E-state index contributed by atoms with van der Waals surface area (Å²) >= 11 is 0. The lowest BCUT2D eigenvalue weighted by Gasteiger charge is -2.18. The van der Waals surface area contributed by atoms with Gasteiger partial charge in [-0.05, 0) is 12.1 Å². The maximum Gasteiger partial charge on any atom is 0.318 e. The Morgan fingerprint density at radius 2 is 1.52 bits per heavy atom. The quantitative estimate of drug-likeness (QED) is 0.654. The average Bonchev–Trinajstić information content (AvgIpc) is 2.49. The SMILES string of the molecule is C=CCOC(=O)C(c1ccccc1O)c1ccccc1O. The molecule has 0 saturated heterocycles.